The van der Waals surface area contributed by atoms with Gasteiger partial charge in [0.15, 0.2) is 0 Å². The monoisotopic (exact) mass is 292 g/mol. The molecule has 0 bridgehead atoms. The molecule has 6 heteroatoms. The van der Waals surface area contributed by atoms with Crippen LogP contribution in [-0.2, 0) is 4.74 Å². The largest absolute Gasteiger partial charge is 0.388 e. The predicted octanol–water partition coefficient (Wildman–Crippen LogP) is 0.960. The predicted molar refractivity (Wildman–Crippen MR) is 83.0 cm³/mol. The number of rotatable bonds is 4. The summed E-state index contributed by atoms with van der Waals surface area (Å²) in [5.74, 6) is 0.653. The molecule has 0 spiro atoms. The number of likely N-dealkylation sites (N-methyl/N-ethyl adjacent to an activating group) is 1. The van der Waals surface area contributed by atoms with Crippen LogP contribution in [0, 0.1) is 19.3 Å². The fraction of sp³-hybridized carbons (Fsp3) is 0.600. The average molecular weight is 292 g/mol. The van der Waals surface area contributed by atoms with E-state index in [0.717, 1.165) is 11.3 Å². The first-order valence-electron chi connectivity index (χ1n) is 7.16. The van der Waals surface area contributed by atoms with E-state index in [1.807, 2.05) is 31.9 Å². The van der Waals surface area contributed by atoms with E-state index in [1.54, 1.807) is 0 Å². The molecular formula is C15H24N4O2. The molecule has 2 heterocycles. The molecule has 116 valence electrons. The Morgan fingerprint density at radius 2 is 2.10 bits per heavy atom. The van der Waals surface area contributed by atoms with Crippen LogP contribution in [0.1, 0.15) is 29.7 Å². The van der Waals surface area contributed by atoms with Crippen molar-refractivity contribution in [2.45, 2.75) is 32.3 Å². The second-order valence-corrected chi connectivity index (χ2v) is 5.89. The molecular weight excluding hydrogens is 268 g/mol. The minimum absolute atomic E-state index is 0.000757. The molecule has 1 aliphatic rings. The Hall–Kier alpha value is -1.66. The number of anilines is 1. The lowest BCUT2D eigenvalue weighted by Gasteiger charge is -2.36. The highest BCUT2D eigenvalue weighted by molar-refractivity contribution is 6.01. The highest BCUT2D eigenvalue weighted by atomic mass is 16.5. The number of pyridine rings is 1. The first-order valence-corrected chi connectivity index (χ1v) is 7.16. The number of nitrogens with zero attached hydrogens (tertiary/aromatic N) is 2. The number of nitrogens with one attached hydrogen (secondary N) is 1. The molecule has 0 amide bonds. The number of nitrogens with two attached hydrogens (primary N) is 1. The number of nitrogen functional groups attached to an aromatic ring is 1. The maximum absolute atomic E-state index is 10.6. The number of aromatic nitrogens is 1. The Morgan fingerprint density at radius 1 is 1.48 bits per heavy atom. The summed E-state index contributed by atoms with van der Waals surface area (Å²) in [5.41, 5.74) is 7.36. The van der Waals surface area contributed by atoms with Crippen LogP contribution in [0.25, 0.3) is 0 Å². The highest BCUT2D eigenvalue weighted by Gasteiger charge is 2.32. The van der Waals surface area contributed by atoms with Crippen molar-refractivity contribution in [3.63, 3.8) is 0 Å². The second kappa shape index (κ2) is 5.99. The van der Waals surface area contributed by atoms with Crippen LogP contribution in [0.3, 0.4) is 0 Å². The van der Waals surface area contributed by atoms with E-state index in [0.29, 0.717) is 44.0 Å². The van der Waals surface area contributed by atoms with E-state index in [-0.39, 0.29) is 5.84 Å². The Morgan fingerprint density at radius 3 is 2.67 bits per heavy atom. The fourth-order valence-electron chi connectivity index (χ4n) is 2.85. The maximum Gasteiger partial charge on any atom is 0.139 e. The zero-order valence-electron chi connectivity index (χ0n) is 12.9. The molecule has 1 fully saturated rings. The quantitative estimate of drug-likeness (QED) is 0.567. The number of ether oxygens (including phenoxy) is 1. The third kappa shape index (κ3) is 3.51. The van der Waals surface area contributed by atoms with E-state index in [9.17, 15) is 5.11 Å². The van der Waals surface area contributed by atoms with Crippen LogP contribution < -0.4 is 10.6 Å². The number of hydrogen-bond donors (Lipinski definition) is 3. The Bertz CT molecular complexity index is 539. The van der Waals surface area contributed by atoms with Crippen molar-refractivity contribution in [2.24, 2.45) is 5.73 Å². The molecule has 0 unspecified atom stereocenters. The molecule has 1 aliphatic heterocycles. The van der Waals surface area contributed by atoms with Gasteiger partial charge >= 0.3 is 0 Å². The van der Waals surface area contributed by atoms with Gasteiger partial charge in [0.2, 0.25) is 0 Å². The van der Waals surface area contributed by atoms with Gasteiger partial charge in [-0.15, -0.1) is 0 Å². The standard InChI is InChI=1S/C15H24N4O2/c1-10-8-11(2)18-14(12(10)13(16)17)19(3)9-15(20)4-6-21-7-5-15/h8,20H,4-7,9H2,1-3H3,(H3,16,17). The van der Waals surface area contributed by atoms with Crippen molar-refractivity contribution in [1.29, 1.82) is 5.41 Å². The second-order valence-electron chi connectivity index (χ2n) is 5.89. The Labute approximate surface area is 125 Å². The summed E-state index contributed by atoms with van der Waals surface area (Å²) in [4.78, 5) is 6.41. The van der Waals surface area contributed by atoms with Gasteiger partial charge in [-0.3, -0.25) is 5.41 Å². The summed E-state index contributed by atoms with van der Waals surface area (Å²) in [6.07, 6.45) is 1.22. The van der Waals surface area contributed by atoms with Crippen molar-refractivity contribution in [3.05, 3.63) is 22.9 Å². The van der Waals surface area contributed by atoms with Crippen LogP contribution in [0.5, 0.6) is 0 Å². The van der Waals surface area contributed by atoms with E-state index in [2.05, 4.69) is 4.98 Å². The molecule has 4 N–H and O–H groups in total. The van der Waals surface area contributed by atoms with Gasteiger partial charge in [-0.2, -0.15) is 0 Å². The van der Waals surface area contributed by atoms with Gasteiger partial charge in [0.05, 0.1) is 11.2 Å². The maximum atomic E-state index is 10.6. The zero-order valence-corrected chi connectivity index (χ0v) is 12.9. The van der Waals surface area contributed by atoms with E-state index in [1.165, 1.54) is 0 Å². The topological polar surface area (TPSA) is 95.5 Å². The smallest absolute Gasteiger partial charge is 0.139 e. The van der Waals surface area contributed by atoms with Crippen LogP contribution in [0.4, 0.5) is 5.82 Å². The van der Waals surface area contributed by atoms with Crippen molar-refractivity contribution in [2.75, 3.05) is 31.7 Å². The van der Waals surface area contributed by atoms with Gasteiger partial charge in [0.25, 0.3) is 0 Å². The normalized spacial score (nSPS) is 17.5. The van der Waals surface area contributed by atoms with Gasteiger partial charge in [-0.1, -0.05) is 0 Å². The summed E-state index contributed by atoms with van der Waals surface area (Å²) in [6, 6.07) is 1.91. The van der Waals surface area contributed by atoms with Crippen LogP contribution in [0.2, 0.25) is 0 Å². The summed E-state index contributed by atoms with van der Waals surface area (Å²) in [5, 5.41) is 18.4. The third-order valence-corrected chi connectivity index (χ3v) is 3.91. The van der Waals surface area contributed by atoms with E-state index in [4.69, 9.17) is 15.9 Å². The van der Waals surface area contributed by atoms with Gasteiger partial charge in [-0.25, -0.2) is 4.98 Å². The van der Waals surface area contributed by atoms with Crippen molar-refractivity contribution >= 4 is 11.7 Å². The number of amidine groups is 1. The molecule has 2 rings (SSSR count). The zero-order chi connectivity index (χ0) is 15.6. The van der Waals surface area contributed by atoms with Gasteiger partial charge < -0.3 is 20.5 Å². The minimum Gasteiger partial charge on any atom is -0.388 e. The van der Waals surface area contributed by atoms with E-state index < -0.39 is 5.60 Å². The molecule has 1 aromatic rings. The molecule has 0 atom stereocenters. The molecule has 0 radical (unpaired) electrons. The summed E-state index contributed by atoms with van der Waals surface area (Å²) >= 11 is 0. The molecule has 21 heavy (non-hydrogen) atoms. The first kappa shape index (κ1) is 15.7. The molecule has 0 aliphatic carbocycles. The van der Waals surface area contributed by atoms with Crippen molar-refractivity contribution in [1.82, 2.24) is 4.98 Å². The van der Waals surface area contributed by atoms with Crippen LogP contribution >= 0.6 is 0 Å². The van der Waals surface area contributed by atoms with Crippen molar-refractivity contribution in [3.8, 4) is 0 Å². The minimum atomic E-state index is -0.777. The molecule has 1 saturated heterocycles. The summed E-state index contributed by atoms with van der Waals surface area (Å²) in [6.45, 7) is 5.43. The molecule has 0 saturated carbocycles. The third-order valence-electron chi connectivity index (χ3n) is 3.91. The lowest BCUT2D eigenvalue weighted by molar-refractivity contribution is -0.0573. The Balaban J connectivity index is 2.30. The van der Waals surface area contributed by atoms with E-state index >= 15 is 0 Å². The average Bonchev–Trinajstić information content (AvgIpc) is 2.37. The van der Waals surface area contributed by atoms with Crippen LogP contribution in [0.15, 0.2) is 6.07 Å². The Kier molecular flexibility index (Phi) is 4.49. The van der Waals surface area contributed by atoms with Crippen molar-refractivity contribution < 1.29 is 9.84 Å². The lowest BCUT2D eigenvalue weighted by atomic mass is 9.93. The highest BCUT2D eigenvalue weighted by Crippen LogP contribution is 2.26. The van der Waals surface area contributed by atoms with Gasteiger partial charge in [-0.05, 0) is 25.5 Å². The molecule has 6 nitrogen and oxygen atoms in total. The number of aryl methyl sites for hydroxylation is 2. The summed E-state index contributed by atoms with van der Waals surface area (Å²) < 4.78 is 5.30. The lowest BCUT2D eigenvalue weighted by Crippen LogP contribution is -2.46. The first-order chi connectivity index (χ1) is 9.82. The SMILES string of the molecule is Cc1cc(C)c(C(=N)N)c(N(C)CC2(O)CCOCC2)n1. The van der Waals surface area contributed by atoms with Gasteiger partial charge in [0, 0.05) is 45.3 Å². The number of aliphatic hydroxyl groups is 1. The van der Waals surface area contributed by atoms with Crippen LogP contribution in [-0.4, -0.2) is 48.3 Å². The fourth-order valence-corrected chi connectivity index (χ4v) is 2.85. The molecule has 0 aromatic carbocycles. The molecule has 1 aromatic heterocycles. The number of hydrogen-bond acceptors (Lipinski definition) is 5. The summed E-state index contributed by atoms with van der Waals surface area (Å²) in [7, 11) is 1.88. The van der Waals surface area contributed by atoms with Gasteiger partial charge in [0.1, 0.15) is 11.7 Å².